The second-order valence-electron chi connectivity index (χ2n) is 9.98. The second-order valence-corrected chi connectivity index (χ2v) is 9.98. The normalized spacial score (nSPS) is 14.4. The van der Waals surface area contributed by atoms with E-state index in [2.05, 4.69) is 20.6 Å². The van der Waals surface area contributed by atoms with Gasteiger partial charge in [-0.2, -0.15) is 0 Å². The summed E-state index contributed by atoms with van der Waals surface area (Å²) in [6, 6.07) is 15.6. The molecule has 4 aromatic rings. The SMILES string of the molecule is COc1ccc(C(C(=O)NC2CCCCC2)N(Cc2cccnc2)C(=O)Cn2nnc3ccccc32)cc1OC. The summed E-state index contributed by atoms with van der Waals surface area (Å²) in [5.41, 5.74) is 2.86. The molecule has 0 radical (unpaired) electrons. The van der Waals surface area contributed by atoms with Crippen LogP contribution in [0.4, 0.5) is 0 Å². The van der Waals surface area contributed by atoms with Crippen molar-refractivity contribution >= 4 is 22.8 Å². The number of ether oxygens (including phenoxy) is 2. The minimum Gasteiger partial charge on any atom is -0.493 e. The Balaban J connectivity index is 1.55. The molecule has 0 saturated heterocycles. The standard InChI is InChI=1S/C30H34N6O4/c1-39-26-15-14-22(17-27(26)40-2)29(30(38)32-23-10-4-3-5-11-23)35(19-21-9-8-16-31-18-21)28(37)20-36-25-13-7-6-12-24(25)33-34-36/h6-9,12-18,23,29H,3-5,10-11,19-20H2,1-2H3,(H,32,38). The van der Waals surface area contributed by atoms with Gasteiger partial charge in [-0.05, 0) is 54.3 Å². The molecule has 10 nitrogen and oxygen atoms in total. The number of fused-ring (bicyclic) bond motifs is 1. The van der Waals surface area contributed by atoms with E-state index in [1.807, 2.05) is 36.4 Å². The lowest BCUT2D eigenvalue weighted by molar-refractivity contribution is -0.142. The first-order chi connectivity index (χ1) is 19.6. The van der Waals surface area contributed by atoms with Crippen LogP contribution in [0.2, 0.25) is 0 Å². The molecule has 0 bridgehead atoms. The number of nitrogens with one attached hydrogen (secondary N) is 1. The molecule has 2 aromatic heterocycles. The second kappa shape index (κ2) is 12.6. The van der Waals surface area contributed by atoms with E-state index in [9.17, 15) is 9.59 Å². The number of methoxy groups -OCH3 is 2. The number of hydrogen-bond acceptors (Lipinski definition) is 7. The van der Waals surface area contributed by atoms with Crippen LogP contribution in [-0.2, 0) is 22.7 Å². The molecular formula is C30H34N6O4. The first kappa shape index (κ1) is 27.1. The highest BCUT2D eigenvalue weighted by Crippen LogP contribution is 2.33. The van der Waals surface area contributed by atoms with Gasteiger partial charge in [0.15, 0.2) is 11.5 Å². The number of carbonyl (C=O) groups excluding carboxylic acids is 2. The Labute approximate surface area is 233 Å². The fourth-order valence-corrected chi connectivity index (χ4v) is 5.29. The van der Waals surface area contributed by atoms with Gasteiger partial charge in [-0.1, -0.05) is 48.7 Å². The summed E-state index contributed by atoms with van der Waals surface area (Å²) in [6.07, 6.45) is 8.54. The molecule has 0 spiro atoms. The maximum absolute atomic E-state index is 14.1. The molecule has 1 fully saturated rings. The van der Waals surface area contributed by atoms with Crippen molar-refractivity contribution in [1.29, 1.82) is 0 Å². The molecule has 40 heavy (non-hydrogen) atoms. The fraction of sp³-hybridized carbons (Fsp3) is 0.367. The molecular weight excluding hydrogens is 508 g/mol. The number of rotatable bonds is 10. The summed E-state index contributed by atoms with van der Waals surface area (Å²) in [4.78, 5) is 34.0. The predicted octanol–water partition coefficient (Wildman–Crippen LogP) is 4.06. The Kier molecular flexibility index (Phi) is 8.53. The van der Waals surface area contributed by atoms with Crippen molar-refractivity contribution in [2.45, 2.75) is 57.3 Å². The fourth-order valence-electron chi connectivity index (χ4n) is 5.29. The van der Waals surface area contributed by atoms with Gasteiger partial charge in [0.1, 0.15) is 18.1 Å². The van der Waals surface area contributed by atoms with Gasteiger partial charge in [-0.3, -0.25) is 14.6 Å². The van der Waals surface area contributed by atoms with E-state index in [1.165, 1.54) is 6.42 Å². The maximum atomic E-state index is 14.1. The number of pyridine rings is 1. The van der Waals surface area contributed by atoms with E-state index in [4.69, 9.17) is 9.47 Å². The van der Waals surface area contributed by atoms with E-state index >= 15 is 0 Å². The minimum absolute atomic E-state index is 0.0681. The Morgan fingerprint density at radius 1 is 1.02 bits per heavy atom. The molecule has 0 aliphatic heterocycles. The van der Waals surface area contributed by atoms with E-state index < -0.39 is 6.04 Å². The summed E-state index contributed by atoms with van der Waals surface area (Å²) in [7, 11) is 3.11. The third-order valence-corrected chi connectivity index (χ3v) is 7.34. The van der Waals surface area contributed by atoms with Crippen LogP contribution in [0.15, 0.2) is 67.0 Å². The summed E-state index contributed by atoms with van der Waals surface area (Å²) < 4.78 is 12.6. The summed E-state index contributed by atoms with van der Waals surface area (Å²) >= 11 is 0. The van der Waals surface area contributed by atoms with E-state index in [0.29, 0.717) is 22.6 Å². The topological polar surface area (TPSA) is 111 Å². The lowest BCUT2D eigenvalue weighted by Gasteiger charge is -2.33. The van der Waals surface area contributed by atoms with Gasteiger partial charge < -0.3 is 19.7 Å². The molecule has 1 saturated carbocycles. The van der Waals surface area contributed by atoms with Gasteiger partial charge in [0.2, 0.25) is 11.8 Å². The van der Waals surface area contributed by atoms with Gasteiger partial charge in [0.25, 0.3) is 0 Å². The van der Waals surface area contributed by atoms with E-state index in [0.717, 1.165) is 36.8 Å². The lowest BCUT2D eigenvalue weighted by atomic mass is 9.94. The maximum Gasteiger partial charge on any atom is 0.247 e. The van der Waals surface area contributed by atoms with Gasteiger partial charge in [0.05, 0.1) is 19.7 Å². The zero-order chi connectivity index (χ0) is 27.9. The van der Waals surface area contributed by atoms with Crippen LogP contribution < -0.4 is 14.8 Å². The lowest BCUT2D eigenvalue weighted by Crippen LogP contribution is -2.47. The van der Waals surface area contributed by atoms with E-state index in [-0.39, 0.29) is 30.9 Å². The minimum atomic E-state index is -0.927. The van der Waals surface area contributed by atoms with Crippen molar-refractivity contribution in [3.63, 3.8) is 0 Å². The van der Waals surface area contributed by atoms with Crippen LogP contribution in [-0.4, -0.2) is 57.0 Å². The summed E-state index contributed by atoms with van der Waals surface area (Å²) in [5.74, 6) is 0.501. The Hall–Kier alpha value is -4.47. The van der Waals surface area contributed by atoms with Crippen molar-refractivity contribution in [3.05, 3.63) is 78.1 Å². The number of nitrogens with zero attached hydrogens (tertiary/aromatic N) is 5. The molecule has 2 heterocycles. The average molecular weight is 543 g/mol. The number of benzene rings is 2. The van der Waals surface area contributed by atoms with Gasteiger partial charge in [-0.25, -0.2) is 4.68 Å². The smallest absolute Gasteiger partial charge is 0.247 e. The molecule has 2 amide bonds. The first-order valence-electron chi connectivity index (χ1n) is 13.6. The predicted molar refractivity (Wildman–Crippen MR) is 150 cm³/mol. The average Bonchev–Trinajstić information content (AvgIpc) is 3.40. The molecule has 1 N–H and O–H groups in total. The first-order valence-corrected chi connectivity index (χ1v) is 13.6. The van der Waals surface area contributed by atoms with Crippen molar-refractivity contribution in [3.8, 4) is 11.5 Å². The van der Waals surface area contributed by atoms with E-state index in [1.54, 1.807) is 54.4 Å². The molecule has 2 aromatic carbocycles. The van der Waals surface area contributed by atoms with Crippen LogP contribution in [0.1, 0.15) is 49.3 Å². The number of para-hydroxylation sites is 1. The number of aromatic nitrogens is 4. The zero-order valence-electron chi connectivity index (χ0n) is 22.8. The molecule has 1 unspecified atom stereocenters. The third-order valence-electron chi connectivity index (χ3n) is 7.34. The highest BCUT2D eigenvalue weighted by atomic mass is 16.5. The zero-order valence-corrected chi connectivity index (χ0v) is 22.8. The molecule has 10 heteroatoms. The number of amides is 2. The quantitative estimate of drug-likeness (QED) is 0.322. The Morgan fingerprint density at radius 2 is 1.82 bits per heavy atom. The monoisotopic (exact) mass is 542 g/mol. The van der Waals surface area contributed by atoms with Crippen LogP contribution in [0.5, 0.6) is 11.5 Å². The largest absolute Gasteiger partial charge is 0.493 e. The van der Waals surface area contributed by atoms with Crippen LogP contribution in [0, 0.1) is 0 Å². The van der Waals surface area contributed by atoms with Gasteiger partial charge in [0, 0.05) is 25.0 Å². The number of carbonyl (C=O) groups is 2. The van der Waals surface area contributed by atoms with Crippen molar-refractivity contribution in [2.75, 3.05) is 14.2 Å². The molecule has 208 valence electrons. The Morgan fingerprint density at radius 3 is 2.58 bits per heavy atom. The van der Waals surface area contributed by atoms with Crippen LogP contribution >= 0.6 is 0 Å². The van der Waals surface area contributed by atoms with Gasteiger partial charge in [-0.15, -0.1) is 5.10 Å². The van der Waals surface area contributed by atoms with Crippen molar-refractivity contribution in [2.24, 2.45) is 0 Å². The molecule has 1 aliphatic carbocycles. The third kappa shape index (κ3) is 6.06. The summed E-state index contributed by atoms with van der Waals surface area (Å²) in [5, 5.41) is 11.6. The molecule has 5 rings (SSSR count). The molecule has 1 aliphatic rings. The van der Waals surface area contributed by atoms with Crippen LogP contribution in [0.25, 0.3) is 11.0 Å². The highest BCUT2D eigenvalue weighted by molar-refractivity contribution is 5.89. The van der Waals surface area contributed by atoms with Gasteiger partial charge >= 0.3 is 0 Å². The number of hydrogen-bond donors (Lipinski definition) is 1. The van der Waals surface area contributed by atoms with Crippen molar-refractivity contribution in [1.82, 2.24) is 30.2 Å². The van der Waals surface area contributed by atoms with Crippen molar-refractivity contribution < 1.29 is 19.1 Å². The Bertz CT molecular complexity index is 1450. The molecule has 1 atom stereocenters. The summed E-state index contributed by atoms with van der Waals surface area (Å²) in [6.45, 7) is 0.0949. The highest BCUT2D eigenvalue weighted by Gasteiger charge is 2.34. The van der Waals surface area contributed by atoms with Crippen LogP contribution in [0.3, 0.4) is 0 Å².